The van der Waals surface area contributed by atoms with Crippen LogP contribution in [0.5, 0.6) is 0 Å². The summed E-state index contributed by atoms with van der Waals surface area (Å²) in [6.07, 6.45) is 0. The summed E-state index contributed by atoms with van der Waals surface area (Å²) in [4.78, 5) is 13.9. The largest absolute Gasteiger partial charge is 0.466 e. The van der Waals surface area contributed by atoms with Crippen LogP contribution in [0, 0.1) is 0 Å². The molecule has 1 aliphatic rings. The summed E-state index contributed by atoms with van der Waals surface area (Å²) in [7, 11) is 3.21. The number of ether oxygens (including phenoxy) is 1. The zero-order chi connectivity index (χ0) is 14.9. The monoisotopic (exact) mass is 354 g/mol. The Morgan fingerprint density at radius 3 is 2.80 bits per heavy atom. The van der Waals surface area contributed by atoms with Crippen molar-refractivity contribution >= 4 is 39.2 Å². The normalized spacial score (nSPS) is 18.9. The molecule has 1 aromatic carbocycles. The quantitative estimate of drug-likeness (QED) is 0.653. The predicted octanol–water partition coefficient (Wildman–Crippen LogP) is 2.76. The third-order valence-corrected chi connectivity index (χ3v) is 4.23. The van der Waals surface area contributed by atoms with Crippen LogP contribution in [0.15, 0.2) is 40.0 Å². The Morgan fingerprint density at radius 2 is 2.20 bits per heavy atom. The van der Waals surface area contributed by atoms with Gasteiger partial charge < -0.3 is 15.0 Å². The molecule has 1 heterocycles. The highest BCUT2D eigenvalue weighted by Gasteiger charge is 2.33. The molecule has 0 unspecified atom stereocenters. The van der Waals surface area contributed by atoms with Crippen molar-refractivity contribution in [2.45, 2.75) is 13.0 Å². The summed E-state index contributed by atoms with van der Waals surface area (Å²) < 4.78 is 5.85. The number of carbonyl (C=O) groups excluding carboxylic acids is 1. The highest BCUT2D eigenvalue weighted by molar-refractivity contribution is 9.10. The van der Waals surface area contributed by atoms with E-state index in [0.717, 1.165) is 15.7 Å². The van der Waals surface area contributed by atoms with Crippen molar-refractivity contribution in [3.8, 4) is 0 Å². The molecule has 0 aliphatic carbocycles. The Hall–Kier alpha value is -1.40. The van der Waals surface area contributed by atoms with Gasteiger partial charge in [0.2, 0.25) is 0 Å². The fourth-order valence-corrected chi connectivity index (χ4v) is 2.82. The lowest BCUT2D eigenvalue weighted by Crippen LogP contribution is -2.46. The molecule has 6 heteroatoms. The van der Waals surface area contributed by atoms with Gasteiger partial charge in [-0.2, -0.15) is 0 Å². The van der Waals surface area contributed by atoms with E-state index in [4.69, 9.17) is 17.0 Å². The van der Waals surface area contributed by atoms with Crippen molar-refractivity contribution in [2.75, 3.05) is 14.2 Å². The minimum atomic E-state index is -0.352. The molecule has 0 bridgehead atoms. The van der Waals surface area contributed by atoms with Gasteiger partial charge in [0.1, 0.15) is 0 Å². The highest BCUT2D eigenvalue weighted by atomic mass is 79.9. The van der Waals surface area contributed by atoms with Crippen molar-refractivity contribution < 1.29 is 9.53 Å². The van der Waals surface area contributed by atoms with Gasteiger partial charge in [0, 0.05) is 17.2 Å². The van der Waals surface area contributed by atoms with Gasteiger partial charge in [-0.25, -0.2) is 4.79 Å². The number of halogens is 1. The Balaban J connectivity index is 2.55. The van der Waals surface area contributed by atoms with Crippen LogP contribution in [0.4, 0.5) is 0 Å². The molecule has 1 aromatic rings. The van der Waals surface area contributed by atoms with E-state index in [-0.39, 0.29) is 12.0 Å². The molecule has 4 nitrogen and oxygen atoms in total. The molecule has 0 saturated heterocycles. The fraction of sp³-hybridized carbons (Fsp3) is 0.286. The maximum atomic E-state index is 12.1. The number of nitrogens with zero attached hydrogens (tertiary/aromatic N) is 1. The van der Waals surface area contributed by atoms with Crippen LogP contribution in [0.1, 0.15) is 18.5 Å². The summed E-state index contributed by atoms with van der Waals surface area (Å²) in [6.45, 7) is 1.87. The summed E-state index contributed by atoms with van der Waals surface area (Å²) in [5.41, 5.74) is 2.32. The molecule has 0 spiro atoms. The number of carbonyl (C=O) groups is 1. The van der Waals surface area contributed by atoms with Gasteiger partial charge in [-0.05, 0) is 36.8 Å². The van der Waals surface area contributed by atoms with Crippen molar-refractivity contribution in [1.29, 1.82) is 0 Å². The van der Waals surface area contributed by atoms with Gasteiger partial charge >= 0.3 is 5.97 Å². The lowest BCUT2D eigenvalue weighted by molar-refractivity contribution is -0.136. The van der Waals surface area contributed by atoms with E-state index >= 15 is 0 Å². The lowest BCUT2D eigenvalue weighted by atomic mass is 9.95. The summed E-state index contributed by atoms with van der Waals surface area (Å²) in [5, 5.41) is 3.77. The van der Waals surface area contributed by atoms with Gasteiger partial charge in [-0.1, -0.05) is 28.1 Å². The van der Waals surface area contributed by atoms with Crippen LogP contribution in [0.3, 0.4) is 0 Å². The molecule has 1 aliphatic heterocycles. The second-order valence-electron chi connectivity index (χ2n) is 4.49. The molecular formula is C14H15BrN2O2S. The number of hydrogen-bond donors (Lipinski definition) is 1. The van der Waals surface area contributed by atoms with E-state index in [1.165, 1.54) is 7.11 Å². The molecule has 20 heavy (non-hydrogen) atoms. The van der Waals surface area contributed by atoms with Crippen molar-refractivity contribution in [3.63, 3.8) is 0 Å². The minimum absolute atomic E-state index is 0.302. The second-order valence-corrected chi connectivity index (χ2v) is 5.79. The summed E-state index contributed by atoms with van der Waals surface area (Å²) in [5.74, 6) is -0.352. The van der Waals surface area contributed by atoms with Crippen LogP contribution in [0.2, 0.25) is 0 Å². The molecule has 0 fully saturated rings. The number of nitrogens with one attached hydrogen (secondary N) is 1. The van der Waals surface area contributed by atoms with E-state index in [0.29, 0.717) is 10.7 Å². The zero-order valence-electron chi connectivity index (χ0n) is 11.4. The first-order valence-electron chi connectivity index (χ1n) is 6.04. The van der Waals surface area contributed by atoms with E-state index in [2.05, 4.69) is 21.2 Å². The predicted molar refractivity (Wildman–Crippen MR) is 85.1 cm³/mol. The van der Waals surface area contributed by atoms with E-state index in [1.807, 2.05) is 38.2 Å². The Labute approximate surface area is 131 Å². The lowest BCUT2D eigenvalue weighted by Gasteiger charge is -2.35. The average Bonchev–Trinajstić information content (AvgIpc) is 2.43. The molecule has 2 rings (SSSR count). The SMILES string of the molecule is COC(=O)C1=C(C)N(C)C(=S)N[C@@H]1c1cccc(Br)c1. The first-order valence-corrected chi connectivity index (χ1v) is 7.24. The van der Waals surface area contributed by atoms with Crippen LogP contribution >= 0.6 is 28.1 Å². The molecule has 0 saturated carbocycles. The number of benzene rings is 1. The first-order chi connectivity index (χ1) is 9.45. The number of esters is 1. The van der Waals surface area contributed by atoms with E-state index < -0.39 is 0 Å². The zero-order valence-corrected chi connectivity index (χ0v) is 13.8. The summed E-state index contributed by atoms with van der Waals surface area (Å²) in [6, 6.07) is 7.47. The maximum absolute atomic E-state index is 12.1. The van der Waals surface area contributed by atoms with Crippen LogP contribution in [0.25, 0.3) is 0 Å². The molecule has 0 amide bonds. The van der Waals surface area contributed by atoms with Crippen LogP contribution < -0.4 is 5.32 Å². The maximum Gasteiger partial charge on any atom is 0.337 e. The molecule has 0 radical (unpaired) electrons. The van der Waals surface area contributed by atoms with Gasteiger partial charge in [0.25, 0.3) is 0 Å². The second kappa shape index (κ2) is 5.93. The van der Waals surface area contributed by atoms with Gasteiger partial charge in [-0.15, -0.1) is 0 Å². The molecule has 1 atom stereocenters. The van der Waals surface area contributed by atoms with E-state index in [9.17, 15) is 4.79 Å². The van der Waals surface area contributed by atoms with Crippen molar-refractivity contribution in [2.24, 2.45) is 0 Å². The number of allylic oxidation sites excluding steroid dienone is 1. The summed E-state index contributed by atoms with van der Waals surface area (Å²) >= 11 is 8.75. The van der Waals surface area contributed by atoms with E-state index in [1.54, 1.807) is 4.90 Å². The Morgan fingerprint density at radius 1 is 1.50 bits per heavy atom. The molecule has 0 aromatic heterocycles. The first kappa shape index (κ1) is 15.0. The molecule has 1 N–H and O–H groups in total. The molecule has 106 valence electrons. The van der Waals surface area contributed by atoms with Crippen LogP contribution in [-0.2, 0) is 9.53 Å². The number of hydrogen-bond acceptors (Lipinski definition) is 3. The van der Waals surface area contributed by atoms with Gasteiger partial charge in [0.15, 0.2) is 5.11 Å². The smallest absolute Gasteiger partial charge is 0.337 e. The number of thiocarbonyl (C=S) groups is 1. The Kier molecular flexibility index (Phi) is 4.45. The topological polar surface area (TPSA) is 41.6 Å². The standard InChI is InChI=1S/C14H15BrN2O2S/c1-8-11(13(18)19-3)12(16-14(20)17(8)2)9-5-4-6-10(15)7-9/h4-7,12H,1-3H3,(H,16,20)/t12-/m1/s1. The highest BCUT2D eigenvalue weighted by Crippen LogP contribution is 2.31. The third kappa shape index (κ3) is 2.71. The van der Waals surface area contributed by atoms with Gasteiger partial charge in [-0.3, -0.25) is 0 Å². The number of methoxy groups -OCH3 is 1. The Bertz CT molecular complexity index is 601. The van der Waals surface area contributed by atoms with Crippen LogP contribution in [-0.4, -0.2) is 30.1 Å². The molecular weight excluding hydrogens is 340 g/mol. The van der Waals surface area contributed by atoms with Crippen molar-refractivity contribution in [3.05, 3.63) is 45.6 Å². The van der Waals surface area contributed by atoms with Crippen molar-refractivity contribution in [1.82, 2.24) is 10.2 Å². The number of rotatable bonds is 2. The average molecular weight is 355 g/mol. The fourth-order valence-electron chi connectivity index (χ4n) is 2.15. The minimum Gasteiger partial charge on any atom is -0.466 e. The van der Waals surface area contributed by atoms with Gasteiger partial charge in [0.05, 0.1) is 18.7 Å². The third-order valence-electron chi connectivity index (χ3n) is 3.34.